The van der Waals surface area contributed by atoms with E-state index in [1.54, 1.807) is 12.1 Å². The largest absolute Gasteiger partial charge is 0.322 e. The first-order valence-electron chi connectivity index (χ1n) is 6.37. The Bertz CT molecular complexity index is 642. The first-order chi connectivity index (χ1) is 9.56. The molecule has 0 atom stereocenters. The van der Waals surface area contributed by atoms with Gasteiger partial charge in [0.15, 0.2) is 0 Å². The van der Waals surface area contributed by atoms with Crippen molar-refractivity contribution >= 4 is 29.3 Å². The molecule has 0 spiro atoms. The monoisotopic (exact) mass is 285 g/mol. The van der Waals surface area contributed by atoms with Gasteiger partial charge in [0.1, 0.15) is 0 Å². The van der Waals surface area contributed by atoms with E-state index >= 15 is 0 Å². The first-order valence-corrected chi connectivity index (χ1v) is 6.75. The minimum atomic E-state index is -0.151. The maximum atomic E-state index is 11.9. The smallest absolute Gasteiger partial charge is 0.248 e. The third kappa shape index (κ3) is 3.72. The average Bonchev–Trinajstić information content (AvgIpc) is 2.41. The van der Waals surface area contributed by atoms with Gasteiger partial charge in [0.25, 0.3) is 0 Å². The second-order valence-electron chi connectivity index (χ2n) is 4.64. The Balaban J connectivity index is 2.10. The van der Waals surface area contributed by atoms with Gasteiger partial charge in [0.05, 0.1) is 0 Å². The molecule has 1 N–H and O–H groups in total. The highest BCUT2D eigenvalue weighted by molar-refractivity contribution is 6.30. The number of amides is 1. The molecule has 0 heterocycles. The summed E-state index contributed by atoms with van der Waals surface area (Å²) in [5.74, 6) is -0.151. The summed E-state index contributed by atoms with van der Waals surface area (Å²) in [7, 11) is 0. The zero-order valence-electron chi connectivity index (χ0n) is 11.5. The molecule has 0 unspecified atom stereocenters. The van der Waals surface area contributed by atoms with E-state index in [9.17, 15) is 4.79 Å². The van der Waals surface area contributed by atoms with Crippen LogP contribution in [0.4, 0.5) is 5.69 Å². The average molecular weight is 286 g/mol. The maximum Gasteiger partial charge on any atom is 0.248 e. The van der Waals surface area contributed by atoms with Crippen LogP contribution in [0.3, 0.4) is 0 Å². The summed E-state index contributed by atoms with van der Waals surface area (Å²) >= 11 is 5.90. The third-order valence-electron chi connectivity index (χ3n) is 3.01. The van der Waals surface area contributed by atoms with Crippen molar-refractivity contribution in [2.75, 3.05) is 5.32 Å². The summed E-state index contributed by atoms with van der Waals surface area (Å²) in [6.07, 6.45) is 3.26. The third-order valence-corrected chi connectivity index (χ3v) is 3.24. The van der Waals surface area contributed by atoms with Crippen LogP contribution in [-0.2, 0) is 4.79 Å². The fourth-order valence-electron chi connectivity index (χ4n) is 1.96. The number of para-hydroxylation sites is 1. The fraction of sp³-hybridized carbons (Fsp3) is 0.118. The Morgan fingerprint density at radius 1 is 1.10 bits per heavy atom. The van der Waals surface area contributed by atoms with E-state index in [0.29, 0.717) is 5.02 Å². The molecule has 0 aromatic heterocycles. The molecule has 0 fully saturated rings. The predicted octanol–water partition coefficient (Wildman–Crippen LogP) is 4.61. The van der Waals surface area contributed by atoms with Crippen LogP contribution in [-0.4, -0.2) is 5.91 Å². The van der Waals surface area contributed by atoms with Crippen LogP contribution in [0.2, 0.25) is 5.02 Å². The summed E-state index contributed by atoms with van der Waals surface area (Å²) in [5, 5.41) is 3.56. The molecule has 1 amide bonds. The summed E-state index contributed by atoms with van der Waals surface area (Å²) in [4.78, 5) is 11.9. The van der Waals surface area contributed by atoms with Crippen LogP contribution in [0.25, 0.3) is 6.08 Å². The SMILES string of the molecule is Cc1cccc(C)c1NC(=O)/C=C/c1cccc(Cl)c1. The van der Waals surface area contributed by atoms with Crippen LogP contribution >= 0.6 is 11.6 Å². The standard InChI is InChI=1S/C17H16ClNO/c1-12-5-3-6-13(2)17(12)19-16(20)10-9-14-7-4-8-15(18)11-14/h3-11H,1-2H3,(H,19,20)/b10-9+. The molecule has 2 aromatic rings. The summed E-state index contributed by atoms with van der Waals surface area (Å²) < 4.78 is 0. The van der Waals surface area contributed by atoms with Crippen LogP contribution in [0.15, 0.2) is 48.5 Å². The molecule has 0 saturated heterocycles. The lowest BCUT2D eigenvalue weighted by Gasteiger charge is -2.09. The van der Waals surface area contributed by atoms with Gasteiger partial charge in [-0.15, -0.1) is 0 Å². The van der Waals surface area contributed by atoms with E-state index in [2.05, 4.69) is 5.32 Å². The Morgan fingerprint density at radius 3 is 2.40 bits per heavy atom. The molecule has 3 heteroatoms. The minimum Gasteiger partial charge on any atom is -0.322 e. The van der Waals surface area contributed by atoms with Gasteiger partial charge in [-0.1, -0.05) is 41.9 Å². The van der Waals surface area contributed by atoms with Crippen molar-refractivity contribution in [3.63, 3.8) is 0 Å². The van der Waals surface area contributed by atoms with E-state index in [4.69, 9.17) is 11.6 Å². The lowest BCUT2D eigenvalue weighted by molar-refractivity contribution is -0.111. The molecule has 0 aliphatic carbocycles. The number of benzene rings is 2. The van der Waals surface area contributed by atoms with Crippen molar-refractivity contribution in [2.45, 2.75) is 13.8 Å². The number of carbonyl (C=O) groups excluding carboxylic acids is 1. The molecule has 20 heavy (non-hydrogen) atoms. The molecule has 102 valence electrons. The normalized spacial score (nSPS) is 10.8. The molecule has 0 radical (unpaired) electrons. The maximum absolute atomic E-state index is 11.9. The molecule has 2 nitrogen and oxygen atoms in total. The van der Waals surface area contributed by atoms with Crippen LogP contribution in [0.5, 0.6) is 0 Å². The van der Waals surface area contributed by atoms with Gasteiger partial charge in [-0.05, 0) is 48.7 Å². The van der Waals surface area contributed by atoms with Crippen LogP contribution in [0.1, 0.15) is 16.7 Å². The highest BCUT2D eigenvalue weighted by atomic mass is 35.5. The highest BCUT2D eigenvalue weighted by Crippen LogP contribution is 2.19. The lowest BCUT2D eigenvalue weighted by Crippen LogP contribution is -2.10. The van der Waals surface area contributed by atoms with Crippen molar-refractivity contribution in [3.05, 3.63) is 70.3 Å². The molecule has 0 saturated carbocycles. The first kappa shape index (κ1) is 14.4. The number of anilines is 1. The van der Waals surface area contributed by atoms with Gasteiger partial charge in [0.2, 0.25) is 5.91 Å². The van der Waals surface area contributed by atoms with Crippen molar-refractivity contribution in [1.29, 1.82) is 0 Å². The Morgan fingerprint density at radius 2 is 1.75 bits per heavy atom. The number of hydrogen-bond donors (Lipinski definition) is 1. The Hall–Kier alpha value is -2.06. The summed E-state index contributed by atoms with van der Waals surface area (Å²) in [6.45, 7) is 3.95. The minimum absolute atomic E-state index is 0.151. The molecule has 0 bridgehead atoms. The van der Waals surface area contributed by atoms with E-state index in [0.717, 1.165) is 22.4 Å². The van der Waals surface area contributed by atoms with Crippen molar-refractivity contribution in [2.24, 2.45) is 0 Å². The van der Waals surface area contributed by atoms with Gasteiger partial charge in [-0.2, -0.15) is 0 Å². The van der Waals surface area contributed by atoms with Crippen molar-refractivity contribution in [1.82, 2.24) is 0 Å². The van der Waals surface area contributed by atoms with Crippen LogP contribution in [0, 0.1) is 13.8 Å². The fourth-order valence-corrected chi connectivity index (χ4v) is 2.16. The van der Waals surface area contributed by atoms with Gasteiger partial charge >= 0.3 is 0 Å². The second kappa shape index (κ2) is 6.40. The Labute approximate surface area is 124 Å². The van der Waals surface area contributed by atoms with Crippen LogP contribution < -0.4 is 5.32 Å². The van der Waals surface area contributed by atoms with Crippen molar-refractivity contribution < 1.29 is 4.79 Å². The quantitative estimate of drug-likeness (QED) is 0.820. The van der Waals surface area contributed by atoms with E-state index < -0.39 is 0 Å². The topological polar surface area (TPSA) is 29.1 Å². The van der Waals surface area contributed by atoms with Gasteiger partial charge in [-0.25, -0.2) is 0 Å². The molecule has 2 aromatic carbocycles. The Kier molecular flexibility index (Phi) is 4.59. The molecular weight excluding hydrogens is 270 g/mol. The number of aryl methyl sites for hydroxylation is 2. The summed E-state index contributed by atoms with van der Waals surface area (Å²) in [5.41, 5.74) is 3.87. The predicted molar refractivity (Wildman–Crippen MR) is 85.0 cm³/mol. The lowest BCUT2D eigenvalue weighted by atomic mass is 10.1. The number of hydrogen-bond acceptors (Lipinski definition) is 1. The number of nitrogens with one attached hydrogen (secondary N) is 1. The number of carbonyl (C=O) groups is 1. The van der Waals surface area contributed by atoms with Crippen molar-refractivity contribution in [3.8, 4) is 0 Å². The second-order valence-corrected chi connectivity index (χ2v) is 5.08. The zero-order valence-corrected chi connectivity index (χ0v) is 12.2. The molecule has 0 aliphatic rings. The zero-order chi connectivity index (χ0) is 14.5. The van der Waals surface area contributed by atoms with E-state index in [1.165, 1.54) is 6.08 Å². The van der Waals surface area contributed by atoms with Gasteiger partial charge < -0.3 is 5.32 Å². The van der Waals surface area contributed by atoms with E-state index in [1.807, 2.05) is 50.2 Å². The molecule has 2 rings (SSSR count). The number of rotatable bonds is 3. The molecule has 0 aliphatic heterocycles. The van der Waals surface area contributed by atoms with Gasteiger partial charge in [-0.3, -0.25) is 4.79 Å². The highest BCUT2D eigenvalue weighted by Gasteiger charge is 2.04. The molecular formula is C17H16ClNO. The van der Waals surface area contributed by atoms with E-state index in [-0.39, 0.29) is 5.91 Å². The van der Waals surface area contributed by atoms with Gasteiger partial charge in [0, 0.05) is 16.8 Å². The number of halogens is 1. The summed E-state index contributed by atoms with van der Waals surface area (Å²) in [6, 6.07) is 13.3.